The van der Waals surface area contributed by atoms with E-state index in [4.69, 9.17) is 0 Å². The molecule has 1 N–H and O–H groups in total. The maximum Gasteiger partial charge on any atom is 0.251 e. The summed E-state index contributed by atoms with van der Waals surface area (Å²) < 4.78 is -1.55. The number of hydrogen-bond donors (Lipinski definition) is 1. The molecule has 2 saturated heterocycles. The number of unbranched alkanes of at least 4 members (excludes halogenated alkanes) is 1. The summed E-state index contributed by atoms with van der Waals surface area (Å²) >= 11 is 1.61. The van der Waals surface area contributed by atoms with E-state index in [1.165, 1.54) is 0 Å². The number of anilines is 1. The van der Waals surface area contributed by atoms with Gasteiger partial charge in [0.2, 0.25) is 11.8 Å². The van der Waals surface area contributed by atoms with Gasteiger partial charge in [-0.15, -0.1) is 11.8 Å². The zero-order valence-corrected chi connectivity index (χ0v) is 25.7. The van der Waals surface area contributed by atoms with E-state index < -0.39 is 27.4 Å². The Bertz CT molecular complexity index is 1670. The van der Waals surface area contributed by atoms with Crippen molar-refractivity contribution < 1.29 is 19.5 Å². The second kappa shape index (κ2) is 11.2. The highest BCUT2D eigenvalue weighted by Crippen LogP contribution is 2.65. The Labute approximate surface area is 262 Å². The molecule has 5 atom stereocenters. The van der Waals surface area contributed by atoms with Crippen LogP contribution in [0.25, 0.3) is 10.8 Å². The number of likely N-dealkylation sites (tertiary alicyclic amines) is 1. The van der Waals surface area contributed by atoms with Crippen LogP contribution < -0.4 is 4.90 Å². The van der Waals surface area contributed by atoms with Crippen LogP contribution >= 0.6 is 11.8 Å². The lowest BCUT2D eigenvalue weighted by atomic mass is 9.74. The van der Waals surface area contributed by atoms with Crippen molar-refractivity contribution in [1.29, 1.82) is 0 Å². The molecule has 0 saturated carbocycles. The molecular weight excluding hydrogens is 570 g/mol. The number of amides is 3. The van der Waals surface area contributed by atoms with Gasteiger partial charge in [-0.2, -0.15) is 0 Å². The van der Waals surface area contributed by atoms with Gasteiger partial charge in [0.15, 0.2) is 0 Å². The predicted molar refractivity (Wildman–Crippen MR) is 174 cm³/mol. The van der Waals surface area contributed by atoms with E-state index >= 15 is 0 Å². The molecule has 1 unspecified atom stereocenters. The third-order valence-electron chi connectivity index (χ3n) is 9.71. The number of hydrogen-bond acceptors (Lipinski definition) is 5. The van der Waals surface area contributed by atoms with Crippen LogP contribution in [-0.4, -0.2) is 74.4 Å². The molecule has 3 amide bonds. The Kier molecular flexibility index (Phi) is 7.37. The van der Waals surface area contributed by atoms with Crippen molar-refractivity contribution in [2.24, 2.45) is 11.8 Å². The second-order valence-electron chi connectivity index (χ2n) is 12.4. The fourth-order valence-corrected chi connectivity index (χ4v) is 9.89. The normalized spacial score (nSPS) is 29.5. The standard InChI is InChI=1S/C36H37N3O4S/c1-35-17-9-19-37(24-25-11-3-2-4-12-25)32(41)29(35)30-33(42)39(20-7-8-22-40)31-34(43)38(21-10-18-36(30,31)44-35)28-16-15-26-13-5-6-14-27(26)23-28/h2-6,9-18,23,29-31,40H,7-8,19-22,24H2,1H3/t29-,30-,31?,35+,36-/m0/s1. The van der Waals surface area contributed by atoms with Gasteiger partial charge in [-0.1, -0.05) is 85.0 Å². The summed E-state index contributed by atoms with van der Waals surface area (Å²) in [6.07, 6.45) is 9.35. The Balaban J connectivity index is 1.29. The zero-order chi connectivity index (χ0) is 30.5. The largest absolute Gasteiger partial charge is 0.396 e. The van der Waals surface area contributed by atoms with Crippen LogP contribution in [0.15, 0.2) is 97.1 Å². The first kappa shape index (κ1) is 28.9. The summed E-state index contributed by atoms with van der Waals surface area (Å²) in [5.74, 6) is -1.61. The first-order valence-corrected chi connectivity index (χ1v) is 16.3. The summed E-state index contributed by atoms with van der Waals surface area (Å²) in [6, 6.07) is 23.3. The van der Waals surface area contributed by atoms with Gasteiger partial charge in [0, 0.05) is 43.2 Å². The van der Waals surface area contributed by atoms with Crippen molar-refractivity contribution >= 4 is 45.9 Å². The summed E-state index contributed by atoms with van der Waals surface area (Å²) in [6.45, 7) is 3.75. The van der Waals surface area contributed by atoms with E-state index in [1.807, 2.05) is 89.8 Å². The SMILES string of the molecule is C[C@@]12C=CCN(Cc3ccccc3)C(=O)[C@@H]1[C@H]1C(=O)N(CCCCO)C3C(=O)N(c4ccc5ccccc5c4)CC=C[C@@]31S2. The van der Waals surface area contributed by atoms with Crippen LogP contribution in [0.1, 0.15) is 25.3 Å². The molecule has 1 spiro atoms. The molecule has 226 valence electrons. The van der Waals surface area contributed by atoms with Gasteiger partial charge in [0.05, 0.1) is 16.6 Å². The number of aliphatic hydroxyl groups excluding tert-OH is 1. The molecule has 4 heterocycles. The smallest absolute Gasteiger partial charge is 0.251 e. The van der Waals surface area contributed by atoms with Gasteiger partial charge in [0.1, 0.15) is 6.04 Å². The highest BCUT2D eigenvalue weighted by atomic mass is 32.2. The average Bonchev–Trinajstić information content (AvgIpc) is 3.30. The average molecular weight is 608 g/mol. The number of thioether (sulfide) groups is 1. The van der Waals surface area contributed by atoms with Crippen LogP contribution in [-0.2, 0) is 20.9 Å². The minimum absolute atomic E-state index is 0.0194. The molecule has 4 aliphatic rings. The number of benzene rings is 3. The fraction of sp³-hybridized carbons (Fsp3) is 0.361. The van der Waals surface area contributed by atoms with Crippen LogP contribution in [0.3, 0.4) is 0 Å². The minimum Gasteiger partial charge on any atom is -0.396 e. The summed E-state index contributed by atoms with van der Waals surface area (Å²) in [5, 5.41) is 11.7. The molecule has 4 aliphatic heterocycles. The van der Waals surface area contributed by atoms with Crippen molar-refractivity contribution in [2.75, 3.05) is 31.1 Å². The fourth-order valence-electron chi connectivity index (χ4n) is 7.73. The lowest BCUT2D eigenvalue weighted by Crippen LogP contribution is -2.53. The molecule has 8 heteroatoms. The highest BCUT2D eigenvalue weighted by molar-refractivity contribution is 8.02. The van der Waals surface area contributed by atoms with Gasteiger partial charge >= 0.3 is 0 Å². The molecule has 7 nitrogen and oxygen atoms in total. The maximum atomic E-state index is 14.8. The molecule has 3 aromatic rings. The third-order valence-corrected chi connectivity index (χ3v) is 11.5. The topological polar surface area (TPSA) is 81.2 Å². The Hall–Kier alpha value is -3.88. The van der Waals surface area contributed by atoms with Crippen molar-refractivity contribution in [3.05, 3.63) is 103 Å². The number of nitrogens with zero attached hydrogens (tertiary/aromatic N) is 3. The number of carbonyl (C=O) groups excluding carboxylic acids is 3. The zero-order valence-electron chi connectivity index (χ0n) is 24.8. The number of aliphatic hydroxyl groups is 1. The summed E-state index contributed by atoms with van der Waals surface area (Å²) in [5.41, 5.74) is 1.82. The molecule has 3 aromatic carbocycles. The maximum absolute atomic E-state index is 14.8. The molecule has 0 bridgehead atoms. The number of fused-ring (bicyclic) bond motifs is 3. The lowest BCUT2D eigenvalue weighted by molar-refractivity contribution is -0.144. The summed E-state index contributed by atoms with van der Waals surface area (Å²) in [7, 11) is 0. The second-order valence-corrected chi connectivity index (χ2v) is 14.2. The Morgan fingerprint density at radius 1 is 0.818 bits per heavy atom. The van der Waals surface area contributed by atoms with Crippen molar-refractivity contribution in [3.63, 3.8) is 0 Å². The lowest BCUT2D eigenvalue weighted by Gasteiger charge is -2.37. The van der Waals surface area contributed by atoms with Crippen molar-refractivity contribution in [3.8, 4) is 0 Å². The number of rotatable bonds is 7. The van der Waals surface area contributed by atoms with Gasteiger partial charge in [0.25, 0.3) is 5.91 Å². The van der Waals surface area contributed by atoms with Gasteiger partial charge in [-0.3, -0.25) is 14.4 Å². The Morgan fingerprint density at radius 2 is 1.57 bits per heavy atom. The van der Waals surface area contributed by atoms with E-state index in [1.54, 1.807) is 21.6 Å². The molecule has 0 aromatic heterocycles. The first-order valence-electron chi connectivity index (χ1n) is 15.5. The number of carbonyl (C=O) groups is 3. The molecule has 0 aliphatic carbocycles. The first-order chi connectivity index (χ1) is 21.4. The van der Waals surface area contributed by atoms with E-state index in [-0.39, 0.29) is 24.3 Å². The molecular formula is C36H37N3O4S. The predicted octanol–water partition coefficient (Wildman–Crippen LogP) is 4.80. The molecule has 2 fully saturated rings. The minimum atomic E-state index is -0.895. The monoisotopic (exact) mass is 607 g/mol. The van der Waals surface area contributed by atoms with Gasteiger partial charge < -0.3 is 19.8 Å². The van der Waals surface area contributed by atoms with E-state index in [2.05, 4.69) is 19.1 Å². The van der Waals surface area contributed by atoms with Crippen LogP contribution in [0.5, 0.6) is 0 Å². The van der Waals surface area contributed by atoms with Crippen LogP contribution in [0.2, 0.25) is 0 Å². The molecule has 44 heavy (non-hydrogen) atoms. The van der Waals surface area contributed by atoms with Crippen molar-refractivity contribution in [1.82, 2.24) is 9.80 Å². The van der Waals surface area contributed by atoms with Gasteiger partial charge in [-0.05, 0) is 48.2 Å². The van der Waals surface area contributed by atoms with Crippen LogP contribution in [0, 0.1) is 11.8 Å². The van der Waals surface area contributed by atoms with Crippen LogP contribution in [0.4, 0.5) is 5.69 Å². The Morgan fingerprint density at radius 3 is 2.36 bits per heavy atom. The highest BCUT2D eigenvalue weighted by Gasteiger charge is 2.73. The van der Waals surface area contributed by atoms with E-state index in [0.717, 1.165) is 22.0 Å². The van der Waals surface area contributed by atoms with Crippen molar-refractivity contribution in [2.45, 2.75) is 41.8 Å². The van der Waals surface area contributed by atoms with E-state index in [0.29, 0.717) is 39.0 Å². The molecule has 7 rings (SSSR count). The van der Waals surface area contributed by atoms with Gasteiger partial charge in [-0.25, -0.2) is 0 Å². The summed E-state index contributed by atoms with van der Waals surface area (Å²) in [4.78, 5) is 49.2. The quantitative estimate of drug-likeness (QED) is 0.308. The van der Waals surface area contributed by atoms with E-state index in [9.17, 15) is 19.5 Å². The molecule has 0 radical (unpaired) electrons. The third kappa shape index (κ3) is 4.58.